The van der Waals surface area contributed by atoms with Gasteiger partial charge in [-0.15, -0.1) is 10.2 Å². The van der Waals surface area contributed by atoms with Crippen molar-refractivity contribution in [3.05, 3.63) is 33.7 Å². The quantitative estimate of drug-likeness (QED) is 0.829. The number of aromatic nitrogens is 3. The van der Waals surface area contributed by atoms with E-state index in [0.29, 0.717) is 0 Å². The summed E-state index contributed by atoms with van der Waals surface area (Å²) in [6.07, 6.45) is 2.84. The Labute approximate surface area is 110 Å². The van der Waals surface area contributed by atoms with E-state index in [1.54, 1.807) is 19.3 Å². The second kappa shape index (κ2) is 5.88. The van der Waals surface area contributed by atoms with Crippen LogP contribution in [-0.4, -0.2) is 21.3 Å². The summed E-state index contributed by atoms with van der Waals surface area (Å²) in [4.78, 5) is 11.5. The number of rotatable bonds is 5. The zero-order valence-electron chi connectivity index (χ0n) is 10.5. The standard InChI is InChI=1S/C12H16N4OS/c1-3-5-13-8-10-14-15-12(18-10)9-4-6-16(2)11(17)7-9/h4,6-7,13H,3,5,8H2,1-2H3. The molecule has 1 N–H and O–H groups in total. The van der Waals surface area contributed by atoms with Crippen molar-refractivity contribution in [2.75, 3.05) is 6.54 Å². The lowest BCUT2D eigenvalue weighted by atomic mass is 10.3. The first-order valence-electron chi connectivity index (χ1n) is 5.91. The largest absolute Gasteiger partial charge is 0.319 e. The summed E-state index contributed by atoms with van der Waals surface area (Å²) in [5.41, 5.74) is 0.797. The Kier molecular flexibility index (Phi) is 4.22. The molecule has 0 aromatic carbocycles. The van der Waals surface area contributed by atoms with Gasteiger partial charge >= 0.3 is 0 Å². The fourth-order valence-electron chi connectivity index (χ4n) is 1.50. The van der Waals surface area contributed by atoms with Crippen molar-refractivity contribution < 1.29 is 0 Å². The maximum atomic E-state index is 11.5. The minimum atomic E-state index is -0.0339. The molecule has 0 aliphatic carbocycles. The molecule has 0 atom stereocenters. The van der Waals surface area contributed by atoms with E-state index in [-0.39, 0.29) is 5.56 Å². The zero-order chi connectivity index (χ0) is 13.0. The predicted molar refractivity (Wildman–Crippen MR) is 72.6 cm³/mol. The maximum absolute atomic E-state index is 11.5. The molecule has 0 radical (unpaired) electrons. The minimum Gasteiger partial charge on any atom is -0.319 e. The van der Waals surface area contributed by atoms with Crippen LogP contribution in [0, 0.1) is 0 Å². The van der Waals surface area contributed by atoms with Gasteiger partial charge in [0.1, 0.15) is 10.0 Å². The van der Waals surface area contributed by atoms with E-state index in [1.807, 2.05) is 6.07 Å². The van der Waals surface area contributed by atoms with Crippen molar-refractivity contribution in [3.8, 4) is 10.6 Å². The molecule has 6 heteroatoms. The molecule has 0 saturated heterocycles. The van der Waals surface area contributed by atoms with Gasteiger partial charge in [-0.05, 0) is 19.0 Å². The van der Waals surface area contributed by atoms with Crippen LogP contribution >= 0.6 is 11.3 Å². The van der Waals surface area contributed by atoms with Gasteiger partial charge in [0, 0.05) is 31.4 Å². The third-order valence-electron chi connectivity index (χ3n) is 2.52. The Morgan fingerprint density at radius 2 is 2.28 bits per heavy atom. The molecular weight excluding hydrogens is 248 g/mol. The average Bonchev–Trinajstić information content (AvgIpc) is 2.82. The van der Waals surface area contributed by atoms with Crippen molar-refractivity contribution in [1.82, 2.24) is 20.1 Å². The molecule has 0 amide bonds. The Bertz CT molecular complexity index is 575. The highest BCUT2D eigenvalue weighted by Gasteiger charge is 2.07. The van der Waals surface area contributed by atoms with Gasteiger partial charge in [0.25, 0.3) is 5.56 Å². The maximum Gasteiger partial charge on any atom is 0.250 e. The van der Waals surface area contributed by atoms with E-state index in [4.69, 9.17) is 0 Å². The van der Waals surface area contributed by atoms with Crippen LogP contribution in [0.3, 0.4) is 0 Å². The van der Waals surface area contributed by atoms with Gasteiger partial charge in [-0.2, -0.15) is 0 Å². The van der Waals surface area contributed by atoms with E-state index in [0.717, 1.165) is 35.1 Å². The normalized spacial score (nSPS) is 10.8. The van der Waals surface area contributed by atoms with Crippen LogP contribution in [0.25, 0.3) is 10.6 Å². The van der Waals surface area contributed by atoms with E-state index < -0.39 is 0 Å². The SMILES string of the molecule is CCCNCc1nnc(-c2ccn(C)c(=O)c2)s1. The highest BCUT2D eigenvalue weighted by molar-refractivity contribution is 7.14. The zero-order valence-corrected chi connectivity index (χ0v) is 11.3. The number of hydrogen-bond acceptors (Lipinski definition) is 5. The summed E-state index contributed by atoms with van der Waals surface area (Å²) < 4.78 is 1.54. The van der Waals surface area contributed by atoms with Crippen molar-refractivity contribution in [1.29, 1.82) is 0 Å². The molecule has 2 aromatic heterocycles. The summed E-state index contributed by atoms with van der Waals surface area (Å²) in [5.74, 6) is 0. The van der Waals surface area contributed by atoms with Crippen molar-refractivity contribution >= 4 is 11.3 Å². The molecular formula is C12H16N4OS. The van der Waals surface area contributed by atoms with Crippen LogP contribution in [0.1, 0.15) is 18.4 Å². The van der Waals surface area contributed by atoms with E-state index in [2.05, 4.69) is 22.4 Å². The molecule has 0 unspecified atom stereocenters. The van der Waals surface area contributed by atoms with Crippen LogP contribution in [0.5, 0.6) is 0 Å². The van der Waals surface area contributed by atoms with Gasteiger partial charge in [0.05, 0.1) is 0 Å². The lowest BCUT2D eigenvalue weighted by Gasteiger charge is -1.98. The molecule has 96 valence electrons. The van der Waals surface area contributed by atoms with Gasteiger partial charge in [0.2, 0.25) is 0 Å². The second-order valence-corrected chi connectivity index (χ2v) is 5.10. The highest BCUT2D eigenvalue weighted by atomic mass is 32.1. The summed E-state index contributed by atoms with van der Waals surface area (Å²) >= 11 is 1.52. The molecule has 2 aromatic rings. The first-order valence-corrected chi connectivity index (χ1v) is 6.72. The van der Waals surface area contributed by atoms with Gasteiger partial charge in [0.15, 0.2) is 0 Å². The van der Waals surface area contributed by atoms with Gasteiger partial charge < -0.3 is 9.88 Å². The Morgan fingerprint density at radius 1 is 1.44 bits per heavy atom. The Morgan fingerprint density at radius 3 is 3.00 bits per heavy atom. The molecule has 0 bridgehead atoms. The van der Waals surface area contributed by atoms with E-state index >= 15 is 0 Å². The van der Waals surface area contributed by atoms with Crippen LogP contribution in [0.4, 0.5) is 0 Å². The Balaban J connectivity index is 2.13. The van der Waals surface area contributed by atoms with E-state index in [1.165, 1.54) is 15.9 Å². The smallest absolute Gasteiger partial charge is 0.250 e. The molecule has 18 heavy (non-hydrogen) atoms. The number of nitrogens with zero attached hydrogens (tertiary/aromatic N) is 3. The van der Waals surface area contributed by atoms with Gasteiger partial charge in [-0.3, -0.25) is 4.79 Å². The number of nitrogens with one attached hydrogen (secondary N) is 1. The van der Waals surface area contributed by atoms with Crippen molar-refractivity contribution in [2.24, 2.45) is 7.05 Å². The number of pyridine rings is 1. The van der Waals surface area contributed by atoms with Crippen LogP contribution in [-0.2, 0) is 13.6 Å². The molecule has 0 fully saturated rings. The molecule has 0 aliphatic rings. The highest BCUT2D eigenvalue weighted by Crippen LogP contribution is 2.21. The third kappa shape index (κ3) is 3.02. The first-order chi connectivity index (χ1) is 8.70. The van der Waals surface area contributed by atoms with Crippen molar-refractivity contribution in [2.45, 2.75) is 19.9 Å². The lowest BCUT2D eigenvalue weighted by Crippen LogP contribution is -2.13. The van der Waals surface area contributed by atoms with Gasteiger partial charge in [-0.1, -0.05) is 18.3 Å². The average molecular weight is 264 g/mol. The van der Waals surface area contributed by atoms with Crippen LogP contribution < -0.4 is 10.9 Å². The monoisotopic (exact) mass is 264 g/mol. The van der Waals surface area contributed by atoms with Crippen LogP contribution in [0.2, 0.25) is 0 Å². The molecule has 0 spiro atoms. The summed E-state index contributed by atoms with van der Waals surface area (Å²) in [6.45, 7) is 3.83. The molecule has 5 nitrogen and oxygen atoms in total. The molecule has 2 heterocycles. The second-order valence-electron chi connectivity index (χ2n) is 4.04. The third-order valence-corrected chi connectivity index (χ3v) is 3.49. The number of hydrogen-bond donors (Lipinski definition) is 1. The number of aryl methyl sites for hydroxylation is 1. The molecule has 2 rings (SSSR count). The summed E-state index contributed by atoms with van der Waals surface area (Å²) in [5, 5.41) is 13.2. The van der Waals surface area contributed by atoms with Gasteiger partial charge in [-0.25, -0.2) is 0 Å². The molecule has 0 saturated carbocycles. The summed E-state index contributed by atoms with van der Waals surface area (Å²) in [7, 11) is 1.73. The fourth-order valence-corrected chi connectivity index (χ4v) is 2.30. The lowest BCUT2D eigenvalue weighted by molar-refractivity contribution is 0.668. The fraction of sp³-hybridized carbons (Fsp3) is 0.417. The van der Waals surface area contributed by atoms with Crippen LogP contribution in [0.15, 0.2) is 23.1 Å². The topological polar surface area (TPSA) is 59.8 Å². The predicted octanol–water partition coefficient (Wildman–Crippen LogP) is 1.40. The molecule has 0 aliphatic heterocycles. The first kappa shape index (κ1) is 12.9. The summed E-state index contributed by atoms with van der Waals surface area (Å²) in [6, 6.07) is 3.47. The minimum absolute atomic E-state index is 0.0339. The van der Waals surface area contributed by atoms with E-state index in [9.17, 15) is 4.79 Å². The van der Waals surface area contributed by atoms with Crippen molar-refractivity contribution in [3.63, 3.8) is 0 Å². The Hall–Kier alpha value is -1.53.